The van der Waals surface area contributed by atoms with Crippen molar-refractivity contribution >= 4 is 17.6 Å². The molecule has 0 amide bonds. The second kappa shape index (κ2) is 11.5. The molecule has 1 heterocycles. The van der Waals surface area contributed by atoms with E-state index in [1.165, 1.54) is 17.7 Å². The summed E-state index contributed by atoms with van der Waals surface area (Å²) in [6.07, 6.45) is 0.665. The van der Waals surface area contributed by atoms with Crippen LogP contribution in [0.1, 0.15) is 38.3 Å². The second-order valence-corrected chi connectivity index (χ2v) is 10.1. The Bertz CT molecular complexity index is 970. The van der Waals surface area contributed by atoms with Crippen LogP contribution in [-0.2, 0) is 17.8 Å². The van der Waals surface area contributed by atoms with Gasteiger partial charge < -0.3 is 20.3 Å². The third-order valence-electron chi connectivity index (χ3n) is 6.38. The fourth-order valence-electron chi connectivity index (χ4n) is 4.36. The van der Waals surface area contributed by atoms with Crippen molar-refractivity contribution in [1.82, 2.24) is 10.2 Å². The minimum absolute atomic E-state index is 0.0879. The quantitative estimate of drug-likeness (QED) is 0.463. The maximum atomic E-state index is 13.6. The van der Waals surface area contributed by atoms with Crippen LogP contribution in [0.15, 0.2) is 42.5 Å². The highest BCUT2D eigenvalue weighted by atomic mass is 35.5. The maximum Gasteiger partial charge on any atom is 0.307 e. The zero-order valence-corrected chi connectivity index (χ0v) is 20.7. The van der Waals surface area contributed by atoms with Crippen LogP contribution in [0.3, 0.4) is 0 Å². The average molecular weight is 493 g/mol. The predicted molar refractivity (Wildman–Crippen MR) is 131 cm³/mol. The second-order valence-electron chi connectivity index (χ2n) is 9.71. The standard InChI is InChI=1S/C26H34ClFN2O4/c1-17-13-30(14-19-4-7-21(27)8-5-19)18(2)10-23(17)29-15-26(3,33)16-34-24-12-22(28)9-6-20(24)11-25(31)32/h4-9,12,17-18,23,29,33H,10-11,13-16H2,1-3H3,(H,31,32)/t17?,18?,23?,26-/m0/s1. The Labute approximate surface area is 205 Å². The smallest absolute Gasteiger partial charge is 0.307 e. The lowest BCUT2D eigenvalue weighted by Gasteiger charge is -2.43. The molecular formula is C26H34ClFN2O4. The Hall–Kier alpha value is -2.19. The zero-order chi connectivity index (χ0) is 24.9. The van der Waals surface area contributed by atoms with Crippen LogP contribution in [0.2, 0.25) is 5.02 Å². The van der Waals surface area contributed by atoms with Gasteiger partial charge in [0.2, 0.25) is 0 Å². The normalized spacial score (nSPS) is 22.8. The summed E-state index contributed by atoms with van der Waals surface area (Å²) >= 11 is 6.00. The number of nitrogens with zero attached hydrogens (tertiary/aromatic N) is 1. The molecule has 0 saturated carbocycles. The summed E-state index contributed by atoms with van der Waals surface area (Å²) in [4.78, 5) is 13.5. The van der Waals surface area contributed by atoms with E-state index in [0.717, 1.165) is 30.6 Å². The van der Waals surface area contributed by atoms with Crippen molar-refractivity contribution in [1.29, 1.82) is 0 Å². The number of likely N-dealkylation sites (tertiary alicyclic amines) is 1. The Kier molecular flexibility index (Phi) is 8.93. The number of aliphatic carboxylic acids is 1. The van der Waals surface area contributed by atoms with E-state index in [1.807, 2.05) is 12.1 Å². The molecule has 0 radical (unpaired) electrons. The van der Waals surface area contributed by atoms with Gasteiger partial charge >= 0.3 is 5.97 Å². The van der Waals surface area contributed by atoms with E-state index in [4.69, 9.17) is 21.4 Å². The Morgan fingerprint density at radius 3 is 2.65 bits per heavy atom. The first-order chi connectivity index (χ1) is 16.0. The molecule has 1 fully saturated rings. The SMILES string of the molecule is CC1CN(Cc2ccc(Cl)cc2)C(C)CC1NC[C@](C)(O)COc1cc(F)ccc1CC(=O)O. The van der Waals surface area contributed by atoms with E-state index >= 15 is 0 Å². The number of halogens is 2. The van der Waals surface area contributed by atoms with Gasteiger partial charge in [-0.05, 0) is 49.9 Å². The van der Waals surface area contributed by atoms with Gasteiger partial charge in [0.15, 0.2) is 0 Å². The lowest BCUT2D eigenvalue weighted by molar-refractivity contribution is -0.136. The van der Waals surface area contributed by atoms with E-state index in [2.05, 4.69) is 36.2 Å². The molecule has 2 aromatic carbocycles. The lowest BCUT2D eigenvalue weighted by atomic mass is 9.88. The highest BCUT2D eigenvalue weighted by Crippen LogP contribution is 2.26. The van der Waals surface area contributed by atoms with E-state index in [-0.39, 0.29) is 24.8 Å². The van der Waals surface area contributed by atoms with Gasteiger partial charge in [0.25, 0.3) is 0 Å². The molecule has 1 saturated heterocycles. The molecule has 3 rings (SSSR count). The van der Waals surface area contributed by atoms with E-state index < -0.39 is 17.4 Å². The molecular weight excluding hydrogens is 459 g/mol. The molecule has 0 bridgehead atoms. The van der Waals surface area contributed by atoms with Crippen molar-refractivity contribution in [3.8, 4) is 5.75 Å². The molecule has 1 aliphatic heterocycles. The number of carboxylic acid groups (broad SMARTS) is 1. The Balaban J connectivity index is 1.52. The molecule has 34 heavy (non-hydrogen) atoms. The van der Waals surface area contributed by atoms with Gasteiger partial charge in [-0.1, -0.05) is 36.7 Å². The topological polar surface area (TPSA) is 82.0 Å². The number of carbonyl (C=O) groups is 1. The molecule has 3 unspecified atom stereocenters. The van der Waals surface area contributed by atoms with Crippen molar-refractivity contribution in [3.63, 3.8) is 0 Å². The number of rotatable bonds is 10. The van der Waals surface area contributed by atoms with Crippen LogP contribution in [0, 0.1) is 11.7 Å². The first kappa shape index (κ1) is 26.4. The molecule has 8 heteroatoms. The van der Waals surface area contributed by atoms with Crippen LogP contribution in [0.25, 0.3) is 0 Å². The molecule has 3 N–H and O–H groups in total. The van der Waals surface area contributed by atoms with Crippen LogP contribution in [0.5, 0.6) is 5.75 Å². The number of hydrogen-bond acceptors (Lipinski definition) is 5. The first-order valence-corrected chi connectivity index (χ1v) is 12.0. The Morgan fingerprint density at radius 1 is 1.26 bits per heavy atom. The summed E-state index contributed by atoms with van der Waals surface area (Å²) in [5.41, 5.74) is 0.388. The summed E-state index contributed by atoms with van der Waals surface area (Å²) < 4.78 is 19.3. The number of ether oxygens (including phenoxy) is 1. The monoisotopic (exact) mass is 492 g/mol. The van der Waals surface area contributed by atoms with Gasteiger partial charge in [0.1, 0.15) is 23.8 Å². The fourth-order valence-corrected chi connectivity index (χ4v) is 4.49. The van der Waals surface area contributed by atoms with Crippen LogP contribution < -0.4 is 10.1 Å². The zero-order valence-electron chi connectivity index (χ0n) is 19.9. The average Bonchev–Trinajstić information content (AvgIpc) is 2.76. The predicted octanol–water partition coefficient (Wildman–Crippen LogP) is 4.12. The molecule has 0 aromatic heterocycles. The molecule has 2 aromatic rings. The van der Waals surface area contributed by atoms with Gasteiger partial charge in [-0.25, -0.2) is 4.39 Å². The van der Waals surface area contributed by atoms with E-state index in [0.29, 0.717) is 24.1 Å². The molecule has 0 spiro atoms. The van der Waals surface area contributed by atoms with Crippen molar-refractivity contribution in [2.24, 2.45) is 5.92 Å². The number of piperidine rings is 1. The number of carboxylic acids is 1. The minimum Gasteiger partial charge on any atom is -0.490 e. The summed E-state index contributed by atoms with van der Waals surface area (Å²) in [6, 6.07) is 12.3. The number of hydrogen-bond donors (Lipinski definition) is 3. The molecule has 1 aliphatic rings. The maximum absolute atomic E-state index is 13.6. The van der Waals surface area contributed by atoms with Gasteiger partial charge in [-0.15, -0.1) is 0 Å². The van der Waals surface area contributed by atoms with E-state index in [9.17, 15) is 14.3 Å². The minimum atomic E-state index is -1.21. The summed E-state index contributed by atoms with van der Waals surface area (Å²) in [5.74, 6) is -1.03. The van der Waals surface area contributed by atoms with E-state index in [1.54, 1.807) is 6.92 Å². The third-order valence-corrected chi connectivity index (χ3v) is 6.63. The van der Waals surface area contributed by atoms with Crippen molar-refractivity contribution in [3.05, 3.63) is 64.4 Å². The Morgan fingerprint density at radius 2 is 1.97 bits per heavy atom. The number of benzene rings is 2. The number of aliphatic hydroxyl groups is 1. The molecule has 186 valence electrons. The van der Waals surface area contributed by atoms with Crippen LogP contribution in [-0.4, -0.2) is 58.5 Å². The van der Waals surface area contributed by atoms with Crippen molar-refractivity contribution < 1.29 is 24.1 Å². The largest absolute Gasteiger partial charge is 0.490 e. The van der Waals surface area contributed by atoms with Crippen LogP contribution in [0.4, 0.5) is 4.39 Å². The van der Waals surface area contributed by atoms with Crippen molar-refractivity contribution in [2.45, 2.75) is 57.8 Å². The summed E-state index contributed by atoms with van der Waals surface area (Å²) in [6.45, 7) is 8.08. The molecule has 4 atom stereocenters. The first-order valence-electron chi connectivity index (χ1n) is 11.6. The molecule has 6 nitrogen and oxygen atoms in total. The fraction of sp³-hybridized carbons (Fsp3) is 0.500. The summed E-state index contributed by atoms with van der Waals surface area (Å²) in [7, 11) is 0. The van der Waals surface area contributed by atoms with Gasteiger partial charge in [-0.3, -0.25) is 9.69 Å². The van der Waals surface area contributed by atoms with Gasteiger partial charge in [0.05, 0.1) is 6.42 Å². The van der Waals surface area contributed by atoms with Gasteiger partial charge in [-0.2, -0.15) is 0 Å². The van der Waals surface area contributed by atoms with Gasteiger partial charge in [0, 0.05) is 48.4 Å². The molecule has 0 aliphatic carbocycles. The summed E-state index contributed by atoms with van der Waals surface area (Å²) in [5, 5.41) is 24.1. The highest BCUT2D eigenvalue weighted by Gasteiger charge is 2.32. The third kappa shape index (κ3) is 7.67. The van der Waals surface area contributed by atoms with Crippen LogP contribution >= 0.6 is 11.6 Å². The lowest BCUT2D eigenvalue weighted by Crippen LogP contribution is -2.55. The highest BCUT2D eigenvalue weighted by molar-refractivity contribution is 6.30. The van der Waals surface area contributed by atoms with Crippen molar-refractivity contribution in [2.75, 3.05) is 19.7 Å². The number of nitrogens with one attached hydrogen (secondary N) is 1.